The molecule has 0 aliphatic rings. The molecule has 0 aliphatic heterocycles. The molecule has 0 bridgehead atoms. The third kappa shape index (κ3) is 5.94. The number of hydrogen-bond acceptors (Lipinski definition) is 5. The summed E-state index contributed by atoms with van der Waals surface area (Å²) in [7, 11) is -3.45. The number of nitrogens with one attached hydrogen (secondary N) is 1. The van der Waals surface area contributed by atoms with Crippen LogP contribution in [0.3, 0.4) is 0 Å². The smallest absolute Gasteiger partial charge is 0.224 e. The molecule has 0 atom stereocenters. The van der Waals surface area contributed by atoms with Crippen LogP contribution in [0, 0.1) is 5.41 Å². The van der Waals surface area contributed by atoms with Gasteiger partial charge in [0.05, 0.1) is 11.2 Å². The molecule has 1 aromatic rings. The van der Waals surface area contributed by atoms with Crippen LogP contribution in [-0.4, -0.2) is 32.4 Å². The van der Waals surface area contributed by atoms with Crippen LogP contribution in [0.15, 0.2) is 29.2 Å². The molecule has 0 heterocycles. The van der Waals surface area contributed by atoms with Gasteiger partial charge in [-0.3, -0.25) is 4.79 Å². The number of rotatable bonds is 8. The number of anilines is 1. The molecule has 21 heavy (non-hydrogen) atoms. The van der Waals surface area contributed by atoms with Crippen LogP contribution in [0.5, 0.6) is 0 Å². The van der Waals surface area contributed by atoms with Crippen LogP contribution in [0.2, 0.25) is 0 Å². The summed E-state index contributed by atoms with van der Waals surface area (Å²) in [6.45, 7) is 3.18. The van der Waals surface area contributed by atoms with Gasteiger partial charge in [-0.25, -0.2) is 13.1 Å². The molecular formula is C13H21N3O3S2. The van der Waals surface area contributed by atoms with E-state index in [1.807, 2.05) is 18.2 Å². The molecule has 1 amide bonds. The van der Waals surface area contributed by atoms with E-state index in [1.165, 1.54) is 11.8 Å². The predicted molar refractivity (Wildman–Crippen MR) is 86.3 cm³/mol. The van der Waals surface area contributed by atoms with Crippen molar-refractivity contribution in [3.8, 4) is 0 Å². The lowest BCUT2D eigenvalue weighted by Crippen LogP contribution is -2.43. The summed E-state index contributed by atoms with van der Waals surface area (Å²) < 4.78 is 26.1. The van der Waals surface area contributed by atoms with Crippen molar-refractivity contribution in [3.05, 3.63) is 24.3 Å². The minimum atomic E-state index is -3.45. The van der Waals surface area contributed by atoms with Crippen molar-refractivity contribution in [2.24, 2.45) is 11.1 Å². The van der Waals surface area contributed by atoms with Crippen molar-refractivity contribution in [1.29, 1.82) is 0 Å². The van der Waals surface area contributed by atoms with E-state index in [2.05, 4.69) is 4.72 Å². The molecule has 0 saturated carbocycles. The highest BCUT2D eigenvalue weighted by Crippen LogP contribution is 2.24. The van der Waals surface area contributed by atoms with E-state index < -0.39 is 21.3 Å². The van der Waals surface area contributed by atoms with Crippen LogP contribution in [0.1, 0.15) is 13.8 Å². The SMILES string of the molecule is CC(C)(CNS(=O)(=O)CCSc1ccccc1N)C(N)=O. The second-order valence-electron chi connectivity index (χ2n) is 5.27. The van der Waals surface area contributed by atoms with Crippen molar-refractivity contribution in [2.75, 3.05) is 23.8 Å². The molecule has 1 aromatic carbocycles. The maximum Gasteiger partial charge on any atom is 0.224 e. The average Bonchev–Trinajstić information content (AvgIpc) is 2.39. The summed E-state index contributed by atoms with van der Waals surface area (Å²) in [5.74, 6) is -0.224. The quantitative estimate of drug-likeness (QED) is 0.481. The zero-order chi connectivity index (χ0) is 16.1. The summed E-state index contributed by atoms with van der Waals surface area (Å²) in [6, 6.07) is 7.28. The van der Waals surface area contributed by atoms with E-state index in [-0.39, 0.29) is 12.3 Å². The first-order valence-corrected chi connectivity index (χ1v) is 9.02. The first kappa shape index (κ1) is 17.8. The number of carbonyl (C=O) groups is 1. The molecule has 6 nitrogen and oxygen atoms in total. The fourth-order valence-electron chi connectivity index (χ4n) is 1.32. The Morgan fingerprint density at radius 2 is 1.95 bits per heavy atom. The zero-order valence-corrected chi connectivity index (χ0v) is 13.8. The number of carbonyl (C=O) groups excluding carboxylic acids is 1. The molecule has 0 saturated heterocycles. The van der Waals surface area contributed by atoms with Crippen molar-refractivity contribution in [2.45, 2.75) is 18.7 Å². The highest BCUT2D eigenvalue weighted by Gasteiger charge is 2.26. The molecule has 0 unspecified atom stereocenters. The van der Waals surface area contributed by atoms with E-state index >= 15 is 0 Å². The Hall–Kier alpha value is -1.25. The molecule has 0 radical (unpaired) electrons. The van der Waals surface area contributed by atoms with Gasteiger partial charge < -0.3 is 11.5 Å². The summed E-state index contributed by atoms with van der Waals surface area (Å²) >= 11 is 1.38. The summed E-state index contributed by atoms with van der Waals surface area (Å²) in [5.41, 5.74) is 10.7. The summed E-state index contributed by atoms with van der Waals surface area (Å²) in [4.78, 5) is 12.0. The van der Waals surface area contributed by atoms with Crippen LogP contribution in [0.4, 0.5) is 5.69 Å². The van der Waals surface area contributed by atoms with Crippen LogP contribution < -0.4 is 16.2 Å². The Kier molecular flexibility index (Phi) is 6.06. The monoisotopic (exact) mass is 331 g/mol. The Morgan fingerprint density at radius 3 is 2.52 bits per heavy atom. The van der Waals surface area contributed by atoms with E-state index in [0.717, 1.165) is 4.90 Å². The van der Waals surface area contributed by atoms with Gasteiger partial charge >= 0.3 is 0 Å². The van der Waals surface area contributed by atoms with Gasteiger partial charge in [0.15, 0.2) is 0 Å². The minimum Gasteiger partial charge on any atom is -0.398 e. The van der Waals surface area contributed by atoms with E-state index in [1.54, 1.807) is 19.9 Å². The van der Waals surface area contributed by atoms with Crippen molar-refractivity contribution >= 4 is 33.4 Å². The standard InChI is InChI=1S/C13H21N3O3S2/c1-13(2,12(15)17)9-16-21(18,19)8-7-20-11-6-4-3-5-10(11)14/h3-6,16H,7-9,14H2,1-2H3,(H2,15,17). The Balaban J connectivity index is 2.47. The Bertz CT molecular complexity index is 600. The van der Waals surface area contributed by atoms with Gasteiger partial charge in [0.25, 0.3) is 0 Å². The molecule has 0 aromatic heterocycles. The van der Waals surface area contributed by atoms with Gasteiger partial charge in [-0.15, -0.1) is 11.8 Å². The van der Waals surface area contributed by atoms with Crippen LogP contribution in [-0.2, 0) is 14.8 Å². The maximum atomic E-state index is 11.9. The third-order valence-corrected chi connectivity index (χ3v) is 5.60. The second kappa shape index (κ2) is 7.15. The first-order valence-electron chi connectivity index (χ1n) is 6.38. The van der Waals surface area contributed by atoms with Gasteiger partial charge in [-0.2, -0.15) is 0 Å². The fraction of sp³-hybridized carbons (Fsp3) is 0.462. The number of nitrogens with two attached hydrogens (primary N) is 2. The highest BCUT2D eigenvalue weighted by atomic mass is 32.2. The fourth-order valence-corrected chi connectivity index (χ4v) is 3.89. The normalized spacial score (nSPS) is 12.3. The van der Waals surface area contributed by atoms with E-state index in [9.17, 15) is 13.2 Å². The number of benzene rings is 1. The number of amides is 1. The topological polar surface area (TPSA) is 115 Å². The Morgan fingerprint density at radius 1 is 1.33 bits per heavy atom. The largest absolute Gasteiger partial charge is 0.398 e. The van der Waals surface area contributed by atoms with Gasteiger partial charge in [0.2, 0.25) is 15.9 Å². The maximum absolute atomic E-state index is 11.9. The summed E-state index contributed by atoms with van der Waals surface area (Å²) in [5, 5.41) is 0. The lowest BCUT2D eigenvalue weighted by molar-refractivity contribution is -0.125. The van der Waals surface area contributed by atoms with Gasteiger partial charge in [0.1, 0.15) is 0 Å². The molecule has 0 fully saturated rings. The second-order valence-corrected chi connectivity index (χ2v) is 8.34. The minimum absolute atomic E-state index is 0.0111. The predicted octanol–water partition coefficient (Wildman–Crippen LogP) is 0.792. The Labute approximate surface area is 129 Å². The van der Waals surface area contributed by atoms with Crippen molar-refractivity contribution in [1.82, 2.24) is 4.72 Å². The number of nitrogen functional groups attached to an aromatic ring is 1. The third-order valence-electron chi connectivity index (χ3n) is 2.93. The molecule has 1 rings (SSSR count). The number of thioether (sulfide) groups is 1. The molecule has 118 valence electrons. The highest BCUT2D eigenvalue weighted by molar-refractivity contribution is 8.00. The molecular weight excluding hydrogens is 310 g/mol. The number of primary amides is 1. The zero-order valence-electron chi connectivity index (χ0n) is 12.1. The average molecular weight is 331 g/mol. The number of hydrogen-bond donors (Lipinski definition) is 3. The lowest BCUT2D eigenvalue weighted by atomic mass is 9.93. The first-order chi connectivity index (χ1) is 9.64. The van der Waals surface area contributed by atoms with E-state index in [0.29, 0.717) is 11.4 Å². The number of para-hydroxylation sites is 1. The lowest BCUT2D eigenvalue weighted by Gasteiger charge is -2.20. The molecule has 0 spiro atoms. The van der Waals surface area contributed by atoms with Crippen molar-refractivity contribution < 1.29 is 13.2 Å². The van der Waals surface area contributed by atoms with Gasteiger partial charge in [-0.1, -0.05) is 12.1 Å². The number of sulfonamides is 1. The van der Waals surface area contributed by atoms with Gasteiger partial charge in [0, 0.05) is 22.9 Å². The van der Waals surface area contributed by atoms with Crippen molar-refractivity contribution in [3.63, 3.8) is 0 Å². The van der Waals surface area contributed by atoms with E-state index in [4.69, 9.17) is 11.5 Å². The molecule has 8 heteroatoms. The molecule has 5 N–H and O–H groups in total. The van der Waals surface area contributed by atoms with Gasteiger partial charge in [-0.05, 0) is 26.0 Å². The van der Waals surface area contributed by atoms with Crippen LogP contribution >= 0.6 is 11.8 Å². The molecule has 0 aliphatic carbocycles. The van der Waals surface area contributed by atoms with Crippen LogP contribution in [0.25, 0.3) is 0 Å². The summed E-state index contributed by atoms with van der Waals surface area (Å²) in [6.07, 6.45) is 0.